The minimum absolute atomic E-state index is 0.426. The number of hydrogen-bond acceptors (Lipinski definition) is 3. The second-order valence-corrected chi connectivity index (χ2v) is 5.18. The molecule has 0 bridgehead atoms. The van der Waals surface area contributed by atoms with E-state index >= 15 is 0 Å². The topological polar surface area (TPSA) is 45.0 Å². The summed E-state index contributed by atoms with van der Waals surface area (Å²) in [7, 11) is 0. The van der Waals surface area contributed by atoms with Crippen LogP contribution in [-0.4, -0.2) is 18.7 Å². The van der Waals surface area contributed by atoms with Crippen molar-refractivity contribution >= 4 is 0 Å². The molecule has 1 aliphatic rings. The standard InChI is InChI=1S/C16H22N2O/c1-3-13-6-5-7-15(10-13)19-12-16(11-17,18-4-2)14-8-9-14/h5-7,10,14,18H,3-4,8-9,12H2,1-2H3. The van der Waals surface area contributed by atoms with Crippen LogP contribution in [-0.2, 0) is 6.42 Å². The average Bonchev–Trinajstić information content (AvgIpc) is 3.29. The number of aryl methyl sites for hydroxylation is 1. The third-order valence-electron chi connectivity index (χ3n) is 3.74. The summed E-state index contributed by atoms with van der Waals surface area (Å²) in [6, 6.07) is 10.6. The maximum Gasteiger partial charge on any atom is 0.143 e. The van der Waals surface area contributed by atoms with Crippen molar-refractivity contribution in [3.05, 3.63) is 29.8 Å². The lowest BCUT2D eigenvalue weighted by Gasteiger charge is -2.27. The van der Waals surface area contributed by atoms with Gasteiger partial charge in [0, 0.05) is 0 Å². The molecule has 3 heteroatoms. The molecule has 0 heterocycles. The van der Waals surface area contributed by atoms with E-state index in [-0.39, 0.29) is 0 Å². The van der Waals surface area contributed by atoms with E-state index in [0.29, 0.717) is 12.5 Å². The lowest BCUT2D eigenvalue weighted by atomic mass is 9.96. The first kappa shape index (κ1) is 13.9. The van der Waals surface area contributed by atoms with Crippen molar-refractivity contribution < 1.29 is 4.74 Å². The highest BCUT2D eigenvalue weighted by Crippen LogP contribution is 2.39. The Labute approximate surface area is 115 Å². The van der Waals surface area contributed by atoms with Crippen LogP contribution in [0.4, 0.5) is 0 Å². The summed E-state index contributed by atoms with van der Waals surface area (Å²) in [5, 5.41) is 12.8. The normalized spacial score (nSPS) is 17.5. The minimum Gasteiger partial charge on any atom is -0.491 e. The Balaban J connectivity index is 2.04. The molecular weight excluding hydrogens is 236 g/mol. The zero-order valence-corrected chi connectivity index (χ0v) is 11.8. The molecule has 3 nitrogen and oxygen atoms in total. The van der Waals surface area contributed by atoms with E-state index in [9.17, 15) is 5.26 Å². The average molecular weight is 258 g/mol. The summed E-state index contributed by atoms with van der Waals surface area (Å²) >= 11 is 0. The molecule has 1 saturated carbocycles. The molecule has 1 aromatic rings. The molecule has 1 unspecified atom stereocenters. The SMILES string of the molecule is CCNC(C#N)(COc1cccc(CC)c1)C1CC1. The van der Waals surface area contributed by atoms with Gasteiger partial charge in [0.25, 0.3) is 0 Å². The molecule has 1 atom stereocenters. The van der Waals surface area contributed by atoms with E-state index in [1.807, 2.05) is 19.1 Å². The van der Waals surface area contributed by atoms with Gasteiger partial charge in [-0.2, -0.15) is 5.26 Å². The van der Waals surface area contributed by atoms with Crippen molar-refractivity contribution in [3.8, 4) is 11.8 Å². The van der Waals surface area contributed by atoms with Gasteiger partial charge in [0.2, 0.25) is 0 Å². The van der Waals surface area contributed by atoms with Crippen molar-refractivity contribution in [1.29, 1.82) is 5.26 Å². The molecule has 19 heavy (non-hydrogen) atoms. The second-order valence-electron chi connectivity index (χ2n) is 5.18. The molecule has 1 N–H and O–H groups in total. The summed E-state index contributed by atoms with van der Waals surface area (Å²) in [5.74, 6) is 1.30. The number of nitriles is 1. The van der Waals surface area contributed by atoms with E-state index in [4.69, 9.17) is 4.74 Å². The summed E-state index contributed by atoms with van der Waals surface area (Å²) in [4.78, 5) is 0. The van der Waals surface area contributed by atoms with Gasteiger partial charge in [0.1, 0.15) is 17.9 Å². The van der Waals surface area contributed by atoms with Gasteiger partial charge < -0.3 is 4.74 Å². The first-order chi connectivity index (χ1) is 9.24. The molecule has 0 saturated heterocycles. The molecule has 1 fully saturated rings. The summed E-state index contributed by atoms with van der Waals surface area (Å²) < 4.78 is 5.87. The van der Waals surface area contributed by atoms with Crippen molar-refractivity contribution in [1.82, 2.24) is 5.32 Å². The molecule has 0 spiro atoms. The highest BCUT2D eigenvalue weighted by atomic mass is 16.5. The number of ether oxygens (including phenoxy) is 1. The number of hydrogen-bond donors (Lipinski definition) is 1. The molecule has 0 amide bonds. The molecule has 1 aliphatic carbocycles. The van der Waals surface area contributed by atoms with Gasteiger partial charge in [-0.1, -0.05) is 26.0 Å². The predicted molar refractivity (Wildman–Crippen MR) is 76.1 cm³/mol. The third kappa shape index (κ3) is 3.27. The molecule has 102 valence electrons. The number of nitrogens with zero attached hydrogens (tertiary/aromatic N) is 1. The summed E-state index contributed by atoms with van der Waals surface area (Å²) in [5.41, 5.74) is 0.742. The molecule has 0 radical (unpaired) electrons. The predicted octanol–water partition coefficient (Wildman–Crippen LogP) is 2.91. The minimum atomic E-state index is -0.517. The summed E-state index contributed by atoms with van der Waals surface area (Å²) in [6.45, 7) is 5.38. The van der Waals surface area contributed by atoms with E-state index in [2.05, 4.69) is 30.4 Å². The number of likely N-dealkylation sites (N-methyl/N-ethyl adjacent to an activating group) is 1. The third-order valence-corrected chi connectivity index (χ3v) is 3.74. The van der Waals surface area contributed by atoms with Crippen LogP contribution in [0.5, 0.6) is 5.75 Å². The van der Waals surface area contributed by atoms with Crippen LogP contribution in [0.1, 0.15) is 32.3 Å². The van der Waals surface area contributed by atoms with Gasteiger partial charge in [-0.25, -0.2) is 0 Å². The fourth-order valence-corrected chi connectivity index (χ4v) is 2.42. The maximum atomic E-state index is 9.50. The molecule has 2 rings (SSSR count). The van der Waals surface area contributed by atoms with Gasteiger partial charge in [0.05, 0.1) is 6.07 Å². The van der Waals surface area contributed by atoms with Crippen LogP contribution in [0, 0.1) is 17.2 Å². The molecule has 0 aliphatic heterocycles. The van der Waals surface area contributed by atoms with Crippen LogP contribution in [0.3, 0.4) is 0 Å². The molecule has 1 aromatic carbocycles. The molecular formula is C16H22N2O. The van der Waals surface area contributed by atoms with Crippen molar-refractivity contribution in [3.63, 3.8) is 0 Å². The fraction of sp³-hybridized carbons (Fsp3) is 0.562. The van der Waals surface area contributed by atoms with E-state index in [1.165, 1.54) is 5.56 Å². The van der Waals surface area contributed by atoms with Gasteiger partial charge in [0.15, 0.2) is 0 Å². The highest BCUT2D eigenvalue weighted by Gasteiger charge is 2.46. The Bertz CT molecular complexity index is 462. The van der Waals surface area contributed by atoms with Gasteiger partial charge >= 0.3 is 0 Å². The zero-order chi connectivity index (χ0) is 13.7. The highest BCUT2D eigenvalue weighted by molar-refractivity contribution is 5.29. The summed E-state index contributed by atoms with van der Waals surface area (Å²) in [6.07, 6.45) is 3.24. The van der Waals surface area contributed by atoms with Crippen molar-refractivity contribution in [2.24, 2.45) is 5.92 Å². The van der Waals surface area contributed by atoms with Gasteiger partial charge in [-0.3, -0.25) is 5.32 Å². The Hall–Kier alpha value is -1.53. The van der Waals surface area contributed by atoms with Crippen molar-refractivity contribution in [2.45, 2.75) is 38.6 Å². The lowest BCUT2D eigenvalue weighted by Crippen LogP contribution is -2.50. The first-order valence-electron chi connectivity index (χ1n) is 7.12. The fourth-order valence-electron chi connectivity index (χ4n) is 2.42. The van der Waals surface area contributed by atoms with E-state index in [0.717, 1.165) is 31.6 Å². The van der Waals surface area contributed by atoms with Crippen LogP contribution in [0.25, 0.3) is 0 Å². The van der Waals surface area contributed by atoms with Crippen LogP contribution < -0.4 is 10.1 Å². The lowest BCUT2D eigenvalue weighted by molar-refractivity contribution is 0.204. The molecule has 0 aromatic heterocycles. The number of benzene rings is 1. The smallest absolute Gasteiger partial charge is 0.143 e. The Morgan fingerprint density at radius 2 is 2.21 bits per heavy atom. The maximum absolute atomic E-state index is 9.50. The van der Waals surface area contributed by atoms with E-state index in [1.54, 1.807) is 0 Å². The Morgan fingerprint density at radius 1 is 1.42 bits per heavy atom. The van der Waals surface area contributed by atoms with Crippen LogP contribution >= 0.6 is 0 Å². The Kier molecular flexibility index (Phi) is 4.44. The van der Waals surface area contributed by atoms with E-state index < -0.39 is 5.54 Å². The largest absolute Gasteiger partial charge is 0.491 e. The number of nitrogens with one attached hydrogen (secondary N) is 1. The quantitative estimate of drug-likeness (QED) is 0.818. The van der Waals surface area contributed by atoms with Gasteiger partial charge in [-0.15, -0.1) is 0 Å². The monoisotopic (exact) mass is 258 g/mol. The Morgan fingerprint density at radius 3 is 2.79 bits per heavy atom. The first-order valence-corrected chi connectivity index (χ1v) is 7.12. The second kappa shape index (κ2) is 6.08. The zero-order valence-electron chi connectivity index (χ0n) is 11.8. The van der Waals surface area contributed by atoms with Crippen LogP contribution in [0.15, 0.2) is 24.3 Å². The van der Waals surface area contributed by atoms with Crippen molar-refractivity contribution in [2.75, 3.05) is 13.2 Å². The van der Waals surface area contributed by atoms with Crippen LogP contribution in [0.2, 0.25) is 0 Å². The van der Waals surface area contributed by atoms with Gasteiger partial charge in [-0.05, 0) is 49.4 Å². The number of rotatable bonds is 7.